The minimum atomic E-state index is -0.0770. The molecule has 0 atom stereocenters. The molecule has 0 saturated carbocycles. The van der Waals surface area contributed by atoms with Crippen LogP contribution < -0.4 is 5.73 Å². The fraction of sp³-hybridized carbons (Fsp3) is 0.667. The maximum absolute atomic E-state index is 11.6. The van der Waals surface area contributed by atoms with Gasteiger partial charge in [0, 0.05) is 19.6 Å². The summed E-state index contributed by atoms with van der Waals surface area (Å²) in [6, 6.07) is 0. The third-order valence-electron chi connectivity index (χ3n) is 2.14. The third kappa shape index (κ3) is 3.01. The molecule has 0 aromatic heterocycles. The highest BCUT2D eigenvalue weighted by Gasteiger charge is 2.18. The van der Waals surface area contributed by atoms with Crippen molar-refractivity contribution in [1.82, 2.24) is 4.90 Å². The number of halogens is 1. The lowest BCUT2D eigenvalue weighted by Crippen LogP contribution is -2.35. The number of carbonyl (C=O) groups is 1. The lowest BCUT2D eigenvalue weighted by atomic mass is 10.1. The second-order valence-corrected chi connectivity index (χ2v) is 3.55. The van der Waals surface area contributed by atoms with Gasteiger partial charge in [-0.2, -0.15) is 0 Å². The number of amides is 1. The molecule has 0 aromatic carbocycles. The summed E-state index contributed by atoms with van der Waals surface area (Å²) in [7, 11) is 0. The zero-order valence-electron chi connectivity index (χ0n) is 7.63. The van der Waals surface area contributed by atoms with Gasteiger partial charge >= 0.3 is 0 Å². The summed E-state index contributed by atoms with van der Waals surface area (Å²) < 4.78 is 0. The molecule has 0 spiro atoms. The highest BCUT2D eigenvalue weighted by Crippen LogP contribution is 2.13. The van der Waals surface area contributed by atoms with Crippen molar-refractivity contribution in [2.24, 2.45) is 5.73 Å². The van der Waals surface area contributed by atoms with Crippen LogP contribution in [0, 0.1) is 0 Å². The van der Waals surface area contributed by atoms with E-state index in [-0.39, 0.29) is 10.9 Å². The first-order valence-corrected chi connectivity index (χ1v) is 4.98. The molecule has 0 unspecified atom stereocenters. The Bertz CT molecular complexity index is 210. The Labute approximate surface area is 83.5 Å². The maximum atomic E-state index is 11.6. The van der Waals surface area contributed by atoms with Crippen molar-refractivity contribution in [2.75, 3.05) is 19.6 Å². The van der Waals surface area contributed by atoms with E-state index in [9.17, 15) is 4.79 Å². The first-order chi connectivity index (χ1) is 6.25. The van der Waals surface area contributed by atoms with Gasteiger partial charge in [-0.25, -0.2) is 0 Å². The standard InChI is InChI=1S/C9H15ClN2O/c10-8(4-5-11)9(13)12-6-2-1-3-7-12/h4H,1-3,5-7,11H2. The first kappa shape index (κ1) is 10.5. The van der Waals surface area contributed by atoms with Crippen LogP contribution in [0.4, 0.5) is 0 Å². The van der Waals surface area contributed by atoms with E-state index in [4.69, 9.17) is 17.3 Å². The maximum Gasteiger partial charge on any atom is 0.265 e. The predicted molar refractivity (Wildman–Crippen MR) is 53.4 cm³/mol. The number of rotatable bonds is 2. The van der Waals surface area contributed by atoms with E-state index in [1.54, 1.807) is 11.0 Å². The summed E-state index contributed by atoms with van der Waals surface area (Å²) in [6.45, 7) is 1.97. The first-order valence-electron chi connectivity index (χ1n) is 4.60. The Morgan fingerprint density at radius 2 is 2.00 bits per heavy atom. The van der Waals surface area contributed by atoms with Gasteiger partial charge in [-0.1, -0.05) is 11.6 Å². The highest BCUT2D eigenvalue weighted by molar-refractivity contribution is 6.42. The average Bonchev–Trinajstić information content (AvgIpc) is 2.18. The molecule has 3 nitrogen and oxygen atoms in total. The van der Waals surface area contributed by atoms with Crippen LogP contribution in [0.5, 0.6) is 0 Å². The lowest BCUT2D eigenvalue weighted by molar-refractivity contribution is -0.127. The van der Waals surface area contributed by atoms with Crippen LogP contribution in [0.15, 0.2) is 11.1 Å². The Kier molecular flexibility index (Phi) is 4.25. The summed E-state index contributed by atoms with van der Waals surface area (Å²) in [6.07, 6.45) is 4.93. The summed E-state index contributed by atoms with van der Waals surface area (Å²) >= 11 is 5.75. The van der Waals surface area contributed by atoms with Crippen molar-refractivity contribution in [3.63, 3.8) is 0 Å². The molecule has 2 N–H and O–H groups in total. The molecular formula is C9H15ClN2O. The van der Waals surface area contributed by atoms with Crippen LogP contribution in [-0.2, 0) is 4.79 Å². The third-order valence-corrected chi connectivity index (χ3v) is 2.46. The molecule has 0 aliphatic carbocycles. The van der Waals surface area contributed by atoms with Crippen molar-refractivity contribution in [2.45, 2.75) is 19.3 Å². The zero-order valence-corrected chi connectivity index (χ0v) is 8.39. The molecule has 1 amide bonds. The van der Waals surface area contributed by atoms with Gasteiger partial charge in [0.1, 0.15) is 5.03 Å². The molecule has 1 rings (SSSR count). The molecule has 74 valence electrons. The van der Waals surface area contributed by atoms with Gasteiger partial charge in [0.25, 0.3) is 5.91 Å². The van der Waals surface area contributed by atoms with Crippen molar-refractivity contribution >= 4 is 17.5 Å². The Hall–Kier alpha value is -0.540. The number of hydrogen-bond acceptors (Lipinski definition) is 2. The zero-order chi connectivity index (χ0) is 9.68. The van der Waals surface area contributed by atoms with E-state index in [1.807, 2.05) is 0 Å². The van der Waals surface area contributed by atoms with Crippen LogP contribution in [0.3, 0.4) is 0 Å². The smallest absolute Gasteiger partial charge is 0.265 e. The van der Waals surface area contributed by atoms with Crippen LogP contribution in [-0.4, -0.2) is 30.4 Å². The van der Waals surface area contributed by atoms with Crippen molar-refractivity contribution in [3.8, 4) is 0 Å². The minimum absolute atomic E-state index is 0.0770. The van der Waals surface area contributed by atoms with Crippen molar-refractivity contribution < 1.29 is 4.79 Å². The van der Waals surface area contributed by atoms with Gasteiger partial charge in [0.2, 0.25) is 0 Å². The monoisotopic (exact) mass is 202 g/mol. The minimum Gasteiger partial charge on any atom is -0.338 e. The number of likely N-dealkylation sites (tertiary alicyclic amines) is 1. The number of hydrogen-bond donors (Lipinski definition) is 1. The number of carbonyl (C=O) groups excluding carboxylic acids is 1. The van der Waals surface area contributed by atoms with Crippen LogP contribution in [0.25, 0.3) is 0 Å². The van der Waals surface area contributed by atoms with Gasteiger partial charge in [0.15, 0.2) is 0 Å². The molecule has 1 fully saturated rings. The second kappa shape index (κ2) is 5.25. The number of piperidine rings is 1. The van der Waals surface area contributed by atoms with Gasteiger partial charge in [0.05, 0.1) is 0 Å². The molecule has 4 heteroatoms. The Morgan fingerprint density at radius 3 is 2.54 bits per heavy atom. The van der Waals surface area contributed by atoms with Crippen molar-refractivity contribution in [3.05, 3.63) is 11.1 Å². The predicted octanol–water partition coefficient (Wildman–Crippen LogP) is 1.08. The molecule has 0 bridgehead atoms. The normalized spacial score (nSPS) is 18.9. The topological polar surface area (TPSA) is 46.3 Å². The van der Waals surface area contributed by atoms with Gasteiger partial charge < -0.3 is 10.6 Å². The highest BCUT2D eigenvalue weighted by atomic mass is 35.5. The van der Waals surface area contributed by atoms with Crippen LogP contribution in [0.2, 0.25) is 0 Å². The molecule has 1 heterocycles. The molecule has 1 aliphatic rings. The van der Waals surface area contributed by atoms with E-state index in [1.165, 1.54) is 6.42 Å². The second-order valence-electron chi connectivity index (χ2n) is 3.14. The van der Waals surface area contributed by atoms with E-state index in [2.05, 4.69) is 0 Å². The average molecular weight is 203 g/mol. The molecule has 0 aromatic rings. The van der Waals surface area contributed by atoms with E-state index < -0.39 is 0 Å². The fourth-order valence-electron chi connectivity index (χ4n) is 1.44. The van der Waals surface area contributed by atoms with Gasteiger partial charge in [-0.3, -0.25) is 4.79 Å². The van der Waals surface area contributed by atoms with Gasteiger partial charge in [-0.05, 0) is 25.3 Å². The molecule has 1 aliphatic heterocycles. The van der Waals surface area contributed by atoms with Gasteiger partial charge in [-0.15, -0.1) is 0 Å². The Balaban J connectivity index is 2.50. The molecule has 1 saturated heterocycles. The van der Waals surface area contributed by atoms with Crippen LogP contribution >= 0.6 is 11.6 Å². The van der Waals surface area contributed by atoms with E-state index in [0.29, 0.717) is 6.54 Å². The fourth-order valence-corrected chi connectivity index (χ4v) is 1.65. The van der Waals surface area contributed by atoms with E-state index >= 15 is 0 Å². The summed E-state index contributed by atoms with van der Waals surface area (Å²) in [5, 5.41) is 0.254. The van der Waals surface area contributed by atoms with Crippen molar-refractivity contribution in [1.29, 1.82) is 0 Å². The number of nitrogens with two attached hydrogens (primary N) is 1. The summed E-state index contributed by atoms with van der Waals surface area (Å²) in [5.41, 5.74) is 5.27. The molecule has 0 radical (unpaired) electrons. The summed E-state index contributed by atoms with van der Waals surface area (Å²) in [4.78, 5) is 13.3. The Morgan fingerprint density at radius 1 is 1.38 bits per heavy atom. The largest absolute Gasteiger partial charge is 0.338 e. The molecule has 13 heavy (non-hydrogen) atoms. The molecular weight excluding hydrogens is 188 g/mol. The van der Waals surface area contributed by atoms with Crippen LogP contribution in [0.1, 0.15) is 19.3 Å². The quantitative estimate of drug-likeness (QED) is 0.682. The summed E-state index contributed by atoms with van der Waals surface area (Å²) in [5.74, 6) is -0.0770. The number of nitrogens with zero attached hydrogens (tertiary/aromatic N) is 1. The SMILES string of the molecule is NCC=C(Cl)C(=O)N1CCCCC1. The lowest BCUT2D eigenvalue weighted by Gasteiger charge is -2.26. The van der Waals surface area contributed by atoms with E-state index in [0.717, 1.165) is 25.9 Å².